The Morgan fingerprint density at radius 1 is 0.667 bits per heavy atom. The number of hydrogen-bond acceptors (Lipinski definition) is 0. The van der Waals surface area contributed by atoms with Crippen LogP contribution in [0.15, 0.2) is 0 Å². The molecule has 3 nitrogen and oxygen atoms in total. The molecule has 0 saturated heterocycles. The standard InChI is InChI=1S/ClH.Cr.K.3H2O/h1H;;;3*1H2/q;;+1;;;/p-1. The van der Waals surface area contributed by atoms with Crippen molar-refractivity contribution in [2.45, 2.75) is 0 Å². The van der Waals surface area contributed by atoms with Crippen LogP contribution in [0.1, 0.15) is 0 Å². The van der Waals surface area contributed by atoms with Gasteiger partial charge in [0.05, 0.1) is 0 Å². The van der Waals surface area contributed by atoms with E-state index >= 15 is 0 Å². The van der Waals surface area contributed by atoms with Crippen LogP contribution >= 0.6 is 0 Å². The van der Waals surface area contributed by atoms with Gasteiger partial charge in [-0.25, -0.2) is 0 Å². The second-order valence-electron chi connectivity index (χ2n) is 0. The molecular formula is H6ClCrKO3. The average Bonchev–Trinajstić information content (AvgIpc) is 0. The molecule has 0 aliphatic heterocycles. The van der Waals surface area contributed by atoms with Gasteiger partial charge in [-0.3, -0.25) is 0 Å². The second kappa shape index (κ2) is 53.9. The van der Waals surface area contributed by atoms with Crippen LogP contribution in [-0.2, 0) is 17.4 Å². The molecule has 0 rings (SSSR count). The van der Waals surface area contributed by atoms with Crippen LogP contribution in [0.2, 0.25) is 0 Å². The first-order valence-electron chi connectivity index (χ1n) is 0. The quantitative estimate of drug-likeness (QED) is 0.331. The maximum Gasteiger partial charge on any atom is 1.00 e. The van der Waals surface area contributed by atoms with Gasteiger partial charge in [0.1, 0.15) is 0 Å². The Bertz CT molecular complexity index is 10.8. The van der Waals surface area contributed by atoms with Crippen LogP contribution in [0.3, 0.4) is 0 Å². The molecule has 0 radical (unpaired) electrons. The van der Waals surface area contributed by atoms with E-state index in [-0.39, 0.29) is 97.6 Å². The first-order valence-corrected chi connectivity index (χ1v) is 0. The predicted octanol–water partition coefficient (Wildman–Crippen LogP) is -8.47. The van der Waals surface area contributed by atoms with E-state index in [4.69, 9.17) is 0 Å². The molecule has 0 fully saturated rings. The van der Waals surface area contributed by atoms with Gasteiger partial charge in [0.15, 0.2) is 0 Å². The summed E-state index contributed by atoms with van der Waals surface area (Å²) in [6, 6.07) is 0. The van der Waals surface area contributed by atoms with Crippen molar-refractivity contribution in [1.29, 1.82) is 0 Å². The van der Waals surface area contributed by atoms with E-state index in [1.165, 1.54) is 0 Å². The third-order valence-corrected chi connectivity index (χ3v) is 0. The molecule has 0 bridgehead atoms. The molecule has 0 aromatic rings. The van der Waals surface area contributed by atoms with E-state index in [2.05, 4.69) is 0 Å². The Kier molecular flexibility index (Phi) is 738. The van der Waals surface area contributed by atoms with Gasteiger partial charge in [0, 0.05) is 17.4 Å². The van der Waals surface area contributed by atoms with Gasteiger partial charge in [-0.05, 0) is 0 Å². The SMILES string of the molecule is O.O.O.[Cl-].[Cr].[K+]. The summed E-state index contributed by atoms with van der Waals surface area (Å²) in [6.45, 7) is 0. The van der Waals surface area contributed by atoms with Crippen molar-refractivity contribution >= 4 is 0 Å². The molecule has 0 aromatic carbocycles. The van der Waals surface area contributed by atoms with Crippen LogP contribution in [0, 0.1) is 0 Å². The minimum atomic E-state index is 0. The van der Waals surface area contributed by atoms with Crippen molar-refractivity contribution in [1.82, 2.24) is 0 Å². The molecule has 0 aliphatic rings. The van der Waals surface area contributed by atoms with Crippen molar-refractivity contribution in [2.24, 2.45) is 0 Å². The minimum absolute atomic E-state index is 0. The smallest absolute Gasteiger partial charge is 1.00 e. The largest absolute Gasteiger partial charge is 1.00 e. The zero-order valence-corrected chi connectivity index (χ0v) is 8.44. The molecule has 0 aromatic heterocycles. The molecule has 0 amide bonds. The Morgan fingerprint density at radius 2 is 0.667 bits per heavy atom. The van der Waals surface area contributed by atoms with E-state index in [1.54, 1.807) is 0 Å². The summed E-state index contributed by atoms with van der Waals surface area (Å²) >= 11 is 0. The number of rotatable bonds is 0. The summed E-state index contributed by atoms with van der Waals surface area (Å²) < 4.78 is 0. The Labute approximate surface area is 95.8 Å². The van der Waals surface area contributed by atoms with Crippen molar-refractivity contribution in [3.63, 3.8) is 0 Å². The Balaban J connectivity index is 0. The summed E-state index contributed by atoms with van der Waals surface area (Å²) in [7, 11) is 0. The van der Waals surface area contributed by atoms with Crippen molar-refractivity contribution in [3.8, 4) is 0 Å². The zero-order chi connectivity index (χ0) is 0. The van der Waals surface area contributed by atoms with E-state index in [0.717, 1.165) is 0 Å². The molecule has 0 atom stereocenters. The fourth-order valence-electron chi connectivity index (χ4n) is 0. The molecule has 0 heterocycles. The van der Waals surface area contributed by atoms with Gasteiger partial charge in [-0.1, -0.05) is 0 Å². The topological polar surface area (TPSA) is 94.5 Å². The van der Waals surface area contributed by atoms with Crippen molar-refractivity contribution < 1.29 is 97.6 Å². The molecule has 6 heteroatoms. The third kappa shape index (κ3) is 33.0. The maximum atomic E-state index is 0. The summed E-state index contributed by atoms with van der Waals surface area (Å²) in [5, 5.41) is 0. The second-order valence-corrected chi connectivity index (χ2v) is 0. The molecule has 38 valence electrons. The monoisotopic (exact) mass is 180 g/mol. The summed E-state index contributed by atoms with van der Waals surface area (Å²) in [4.78, 5) is 0. The van der Waals surface area contributed by atoms with Crippen LogP contribution in [0.25, 0.3) is 0 Å². The fraction of sp³-hybridized carbons (Fsp3) is 0. The summed E-state index contributed by atoms with van der Waals surface area (Å²) in [5.41, 5.74) is 0. The average molecular weight is 181 g/mol. The first-order chi connectivity index (χ1) is 0. The minimum Gasteiger partial charge on any atom is -1.00 e. The number of hydrogen-bond donors (Lipinski definition) is 0. The molecule has 0 saturated carbocycles. The number of halogens is 1. The molecular weight excluding hydrogens is 175 g/mol. The van der Waals surface area contributed by atoms with Crippen LogP contribution in [0.4, 0.5) is 0 Å². The van der Waals surface area contributed by atoms with Crippen LogP contribution < -0.4 is 63.8 Å². The third-order valence-electron chi connectivity index (χ3n) is 0. The van der Waals surface area contributed by atoms with Crippen LogP contribution in [0.5, 0.6) is 0 Å². The van der Waals surface area contributed by atoms with Gasteiger partial charge in [-0.15, -0.1) is 0 Å². The van der Waals surface area contributed by atoms with E-state index < -0.39 is 0 Å². The Morgan fingerprint density at radius 3 is 0.667 bits per heavy atom. The Hall–Kier alpha value is 2.34. The van der Waals surface area contributed by atoms with Gasteiger partial charge >= 0.3 is 51.4 Å². The van der Waals surface area contributed by atoms with E-state index in [9.17, 15) is 0 Å². The van der Waals surface area contributed by atoms with Gasteiger partial charge in [0.2, 0.25) is 0 Å². The normalized spacial score (nSPS) is 0. The molecule has 6 N–H and O–H groups in total. The predicted molar refractivity (Wildman–Crippen MR) is 10.8 cm³/mol. The van der Waals surface area contributed by atoms with Crippen molar-refractivity contribution in [3.05, 3.63) is 0 Å². The van der Waals surface area contributed by atoms with Gasteiger partial charge in [-0.2, -0.15) is 0 Å². The van der Waals surface area contributed by atoms with E-state index in [0.29, 0.717) is 0 Å². The van der Waals surface area contributed by atoms with Gasteiger partial charge < -0.3 is 28.8 Å². The zero-order valence-electron chi connectivity index (χ0n) is 3.29. The van der Waals surface area contributed by atoms with Crippen molar-refractivity contribution in [2.75, 3.05) is 0 Å². The van der Waals surface area contributed by atoms with Crippen LogP contribution in [-0.4, -0.2) is 16.4 Å². The first kappa shape index (κ1) is 82.1. The molecule has 6 heavy (non-hydrogen) atoms. The van der Waals surface area contributed by atoms with Gasteiger partial charge in [0.25, 0.3) is 0 Å². The maximum absolute atomic E-state index is 0. The summed E-state index contributed by atoms with van der Waals surface area (Å²) in [5.74, 6) is 0. The molecule has 0 aliphatic carbocycles. The molecule has 0 unspecified atom stereocenters. The molecule has 0 spiro atoms. The summed E-state index contributed by atoms with van der Waals surface area (Å²) in [6.07, 6.45) is 0. The fourth-order valence-corrected chi connectivity index (χ4v) is 0. The van der Waals surface area contributed by atoms with E-state index in [1.807, 2.05) is 0 Å².